The fourth-order valence-corrected chi connectivity index (χ4v) is 1.60. The van der Waals surface area contributed by atoms with Crippen molar-refractivity contribution in [2.75, 3.05) is 6.61 Å². The molecule has 14 nitrogen and oxygen atoms in total. The van der Waals surface area contributed by atoms with Crippen molar-refractivity contribution >= 4 is 25.5 Å². The smallest absolute Gasteiger partial charge is 0.466 e. The van der Waals surface area contributed by atoms with Crippen molar-refractivity contribution in [2.24, 2.45) is 0 Å². The molecule has 0 aliphatic heterocycles. The summed E-state index contributed by atoms with van der Waals surface area (Å²) >= 11 is 0. The highest BCUT2D eigenvalue weighted by Gasteiger charge is 2.37. The van der Waals surface area contributed by atoms with E-state index in [0.29, 0.717) is 0 Å². The minimum Gasteiger partial charge on any atom is -0.475 e. The number of nitrogens with one attached hydrogen (secondary N) is 1. The van der Waals surface area contributed by atoms with Gasteiger partial charge in [0.2, 0.25) is 11.7 Å². The third kappa shape index (κ3) is 12.8. The van der Waals surface area contributed by atoms with E-state index in [1.54, 1.807) is 0 Å². The van der Waals surface area contributed by atoms with Crippen LogP contribution in [0.1, 0.15) is 13.3 Å². The number of carboxylic acids is 1. The Kier molecular flexibility index (Phi) is 12.4. The van der Waals surface area contributed by atoms with E-state index in [4.69, 9.17) is 29.5 Å². The van der Waals surface area contributed by atoms with E-state index in [1.165, 1.54) is 0 Å². The molecular formula is C11H22NO13P. The number of rotatable bonds is 9. The number of phosphoric acid groups is 1. The average molecular weight is 407 g/mol. The highest BCUT2D eigenvalue weighted by molar-refractivity contribution is 7.45. The van der Waals surface area contributed by atoms with Crippen LogP contribution in [0.2, 0.25) is 0 Å². The average Bonchev–Trinajstić information content (AvgIpc) is 2.48. The maximum atomic E-state index is 11.0. The highest BCUT2D eigenvalue weighted by atomic mass is 31.2. The number of hydrogen-bond donors (Lipinski definition) is 10. The van der Waals surface area contributed by atoms with Gasteiger partial charge in [0, 0.05) is 13.3 Å². The molecule has 0 fully saturated rings. The lowest BCUT2D eigenvalue weighted by molar-refractivity contribution is -0.151. The molecule has 0 heterocycles. The molecule has 26 heavy (non-hydrogen) atoms. The minimum absolute atomic E-state index is 0.730. The quantitative estimate of drug-likeness (QED) is 0.127. The topological polar surface area (TPSA) is 262 Å². The second kappa shape index (κ2) is 12.0. The lowest BCUT2D eigenvalue weighted by Gasteiger charge is -2.32. The Morgan fingerprint density at radius 1 is 0.962 bits per heavy atom. The largest absolute Gasteiger partial charge is 0.475 e. The number of carbonyl (C=O) groups excluding carboxylic acids is 2. The summed E-state index contributed by atoms with van der Waals surface area (Å²) in [6, 6.07) is -1.61. The van der Waals surface area contributed by atoms with E-state index in [9.17, 15) is 34.8 Å². The van der Waals surface area contributed by atoms with Gasteiger partial charge in [-0.1, -0.05) is 0 Å². The second-order valence-corrected chi connectivity index (χ2v) is 6.00. The zero-order valence-electron chi connectivity index (χ0n) is 13.4. The number of carbonyl (C=O) groups is 3. The molecule has 0 bridgehead atoms. The molecule has 15 heteroatoms. The maximum absolute atomic E-state index is 11.0. The Balaban J connectivity index is 0. The first kappa shape index (κ1) is 26.7. The van der Waals surface area contributed by atoms with Crippen LogP contribution in [-0.2, 0) is 18.9 Å². The van der Waals surface area contributed by atoms with Crippen LogP contribution in [0.5, 0.6) is 0 Å². The van der Waals surface area contributed by atoms with Gasteiger partial charge in [-0.25, -0.2) is 9.36 Å². The predicted octanol–water partition coefficient (Wildman–Crippen LogP) is -4.96. The number of hydrogen-bond acceptors (Lipinski definition) is 9. The molecule has 0 aliphatic rings. The van der Waals surface area contributed by atoms with E-state index < -0.39 is 69.0 Å². The maximum Gasteiger partial charge on any atom is 0.466 e. The van der Waals surface area contributed by atoms with Gasteiger partial charge in [0.15, 0.2) is 0 Å². The Morgan fingerprint density at radius 2 is 1.38 bits per heavy atom. The van der Waals surface area contributed by atoms with Gasteiger partial charge in [0.05, 0.1) is 18.8 Å². The molecule has 0 saturated carbocycles. The van der Waals surface area contributed by atoms with Crippen LogP contribution in [0.25, 0.3) is 0 Å². The van der Waals surface area contributed by atoms with E-state index >= 15 is 0 Å². The minimum atomic E-state index is -4.64. The molecule has 1 amide bonds. The SMILES string of the molecule is CC(=O)N[C@@H]([C@@H](O)[C@H](O)[C@H](O)CO)[C@@H](O)CC(=O)C(=O)O.O=P(O)(O)O. The van der Waals surface area contributed by atoms with Crippen molar-refractivity contribution in [3.63, 3.8) is 0 Å². The van der Waals surface area contributed by atoms with Crippen molar-refractivity contribution in [1.29, 1.82) is 0 Å². The Labute approximate surface area is 146 Å². The molecule has 0 aromatic heterocycles. The van der Waals surface area contributed by atoms with E-state index in [1.807, 2.05) is 5.32 Å². The highest BCUT2D eigenvalue weighted by Crippen LogP contribution is 2.25. The van der Waals surface area contributed by atoms with Crippen LogP contribution in [0.3, 0.4) is 0 Å². The van der Waals surface area contributed by atoms with Crippen LogP contribution in [0.15, 0.2) is 0 Å². The molecule has 0 aromatic rings. The molecule has 0 saturated heterocycles. The summed E-state index contributed by atoms with van der Waals surface area (Å²) in [7, 11) is -4.64. The third-order valence-electron chi connectivity index (χ3n) is 2.72. The van der Waals surface area contributed by atoms with Gasteiger partial charge in [0.1, 0.15) is 18.3 Å². The lowest BCUT2D eigenvalue weighted by atomic mass is 9.94. The molecule has 10 N–H and O–H groups in total. The van der Waals surface area contributed by atoms with Crippen molar-refractivity contribution in [3.8, 4) is 0 Å². The first-order chi connectivity index (χ1) is 11.6. The summed E-state index contributed by atoms with van der Waals surface area (Å²) < 4.78 is 8.88. The first-order valence-electron chi connectivity index (χ1n) is 6.76. The fraction of sp³-hybridized carbons (Fsp3) is 0.727. The Bertz CT molecular complexity index is 512. The van der Waals surface area contributed by atoms with Crippen LogP contribution in [0, 0.1) is 0 Å². The summed E-state index contributed by atoms with van der Waals surface area (Å²) in [5, 5.41) is 57.4. The molecule has 0 radical (unpaired) electrons. The normalized spacial score (nSPS) is 17.0. The molecule has 0 aliphatic carbocycles. The van der Waals surface area contributed by atoms with E-state index in [0.717, 1.165) is 6.92 Å². The Morgan fingerprint density at radius 3 is 1.69 bits per heavy atom. The van der Waals surface area contributed by atoms with Gasteiger partial charge in [-0.15, -0.1) is 0 Å². The van der Waals surface area contributed by atoms with Crippen molar-refractivity contribution < 1.29 is 64.3 Å². The summed E-state index contributed by atoms with van der Waals surface area (Å²) in [4.78, 5) is 54.0. The summed E-state index contributed by atoms with van der Waals surface area (Å²) in [6.45, 7) is 0.134. The second-order valence-electron chi connectivity index (χ2n) is 4.97. The van der Waals surface area contributed by atoms with Crippen LogP contribution < -0.4 is 5.32 Å². The van der Waals surface area contributed by atoms with Gasteiger partial charge < -0.3 is 50.6 Å². The standard InChI is InChI=1S/C11H19NO9.H3O4P/c1-4(14)12-8(5(15)2-6(16)11(20)21)10(19)9(18)7(17)3-13;1-5(2,3)4/h5,7-10,13,15,17-19H,2-3H2,1H3,(H,12,14)(H,20,21);(H3,1,2,3,4)/t5-,7+,8+,9+,10+;/m0./s1. The number of aliphatic carboxylic acids is 1. The summed E-state index contributed by atoms with van der Waals surface area (Å²) in [6.07, 6.45) is -8.35. The predicted molar refractivity (Wildman–Crippen MR) is 80.2 cm³/mol. The number of aliphatic hydroxyl groups is 5. The first-order valence-corrected chi connectivity index (χ1v) is 8.32. The van der Waals surface area contributed by atoms with Crippen molar-refractivity contribution in [1.82, 2.24) is 5.32 Å². The number of Topliss-reactive ketones (excluding diaryl/α,β-unsaturated/α-hetero) is 1. The van der Waals surface area contributed by atoms with E-state index in [2.05, 4.69) is 0 Å². The molecular weight excluding hydrogens is 385 g/mol. The lowest BCUT2D eigenvalue weighted by Crippen LogP contribution is -2.57. The summed E-state index contributed by atoms with van der Waals surface area (Å²) in [5.74, 6) is -3.89. The Hall–Kier alpha value is -1.48. The van der Waals surface area contributed by atoms with Gasteiger partial charge in [-0.2, -0.15) is 0 Å². The number of carboxylic acid groups (broad SMARTS) is 1. The number of amides is 1. The molecule has 5 atom stereocenters. The van der Waals surface area contributed by atoms with Gasteiger partial charge in [-0.05, 0) is 0 Å². The molecule has 0 spiro atoms. The number of ketones is 1. The van der Waals surface area contributed by atoms with Crippen LogP contribution >= 0.6 is 7.82 Å². The molecule has 154 valence electrons. The third-order valence-corrected chi connectivity index (χ3v) is 2.72. The zero-order chi connectivity index (χ0) is 21.2. The van der Waals surface area contributed by atoms with Crippen LogP contribution in [-0.4, -0.2) is 100 Å². The van der Waals surface area contributed by atoms with Crippen molar-refractivity contribution in [2.45, 2.75) is 43.8 Å². The number of aliphatic hydroxyl groups excluding tert-OH is 5. The monoisotopic (exact) mass is 407 g/mol. The zero-order valence-corrected chi connectivity index (χ0v) is 14.3. The molecule has 0 aromatic carbocycles. The summed E-state index contributed by atoms with van der Waals surface area (Å²) in [5.41, 5.74) is 0. The molecule has 0 rings (SSSR count). The fourth-order valence-electron chi connectivity index (χ4n) is 1.60. The van der Waals surface area contributed by atoms with Crippen molar-refractivity contribution in [3.05, 3.63) is 0 Å². The van der Waals surface area contributed by atoms with Crippen LogP contribution in [0.4, 0.5) is 0 Å². The van der Waals surface area contributed by atoms with E-state index in [-0.39, 0.29) is 0 Å². The molecule has 0 unspecified atom stereocenters. The van der Waals surface area contributed by atoms with Gasteiger partial charge in [0.25, 0.3) is 0 Å². The van der Waals surface area contributed by atoms with Gasteiger partial charge >= 0.3 is 13.8 Å². The van der Waals surface area contributed by atoms with Gasteiger partial charge in [-0.3, -0.25) is 9.59 Å².